The first-order valence-electron chi connectivity index (χ1n) is 29.7. The van der Waals surface area contributed by atoms with Crippen LogP contribution in [-0.2, 0) is 83.0 Å². The van der Waals surface area contributed by atoms with Gasteiger partial charge in [0.05, 0.1) is 170 Å². The summed E-state index contributed by atoms with van der Waals surface area (Å²) in [6.07, 6.45) is 0. The molecule has 5 aromatic carbocycles. The lowest BCUT2D eigenvalue weighted by Gasteiger charge is -2.57. The van der Waals surface area contributed by atoms with Crippen molar-refractivity contribution in [2.45, 2.75) is 26.2 Å². The molecule has 2 atom stereocenters. The quantitative estimate of drug-likeness (QED) is 0.0210. The van der Waals surface area contributed by atoms with Crippen LogP contribution >= 0.6 is 0 Å². The van der Waals surface area contributed by atoms with Crippen LogP contribution in [0.15, 0.2) is 109 Å². The zero-order valence-electron chi connectivity index (χ0n) is 50.5. The first-order chi connectivity index (χ1) is 42.0. The van der Waals surface area contributed by atoms with Gasteiger partial charge in [-0.1, -0.05) is 84.9 Å². The van der Waals surface area contributed by atoms with Crippen molar-refractivity contribution in [1.82, 2.24) is 8.97 Å². The molecule has 2 bridgehead atoms. The summed E-state index contributed by atoms with van der Waals surface area (Å²) >= 11 is 0. The molecule has 4 heterocycles. The molecule has 20 heteroatoms. The van der Waals surface area contributed by atoms with E-state index < -0.39 is 0 Å². The van der Waals surface area contributed by atoms with E-state index in [0.29, 0.717) is 210 Å². The largest absolute Gasteiger partial charge is 0.487 e. The Balaban J connectivity index is 1.04. The molecular formula is C65H91N4O16+. The molecule has 4 aliphatic heterocycles. The Morgan fingerprint density at radius 3 is 1.06 bits per heavy atom. The normalized spacial score (nSPS) is 16.6. The van der Waals surface area contributed by atoms with Gasteiger partial charge < -0.3 is 94.6 Å². The summed E-state index contributed by atoms with van der Waals surface area (Å²) < 4.78 is 94.0. The number of fused-ring (bicyclic) bond motifs is 1. The highest BCUT2D eigenvalue weighted by molar-refractivity contribution is 5.83. The fourth-order valence-corrected chi connectivity index (χ4v) is 10.6. The highest BCUT2D eigenvalue weighted by Crippen LogP contribution is 2.61. The predicted molar refractivity (Wildman–Crippen MR) is 326 cm³/mol. The third-order valence-electron chi connectivity index (χ3n) is 14.6. The number of methoxy groups -OCH3 is 4. The number of hydrogen-bond donors (Lipinski definition) is 0. The standard InChI is InChI=1S/C65H91N4O16/c1-70-19-23-74-27-31-78-35-39-82-62-43-58-59(44-63(62)83-40-36-79-32-28-75-24-20-71-2)67(51-66(58)47-54-13-7-5-8-14-54)48-56-17-11-12-18-57(56)50-69-52-68(53-69,49-55-15-9-6-10-16-55)60-45-64(84-41-37-80-33-29-76-25-21-72-3)65(46-61(60)69)85-42-38-81-34-30-77-26-22-73-4/h5-18,43-46,52H,19-42,47-51,53H2,1-4H3/q+1. The Labute approximate surface area is 503 Å². The molecule has 0 aromatic heterocycles. The summed E-state index contributed by atoms with van der Waals surface area (Å²) in [5.41, 5.74) is 9.42. The van der Waals surface area contributed by atoms with Crippen LogP contribution < -0.4 is 37.7 Å². The summed E-state index contributed by atoms with van der Waals surface area (Å²) in [5.74, 6) is 2.60. The van der Waals surface area contributed by atoms with E-state index in [0.717, 1.165) is 31.1 Å². The van der Waals surface area contributed by atoms with E-state index in [1.54, 1.807) is 28.4 Å². The molecule has 20 nitrogen and oxygen atoms in total. The highest BCUT2D eigenvalue weighted by Gasteiger charge is 2.61. The number of anilines is 2. The van der Waals surface area contributed by atoms with Crippen LogP contribution in [0.5, 0.6) is 23.0 Å². The average molecular weight is 1180 g/mol. The number of ether oxygens (including phenoxy) is 16. The number of quaternary nitrogens is 2. The SMILES string of the molecule is COCCOCCOCCOc1cc2c(cc1OCCOCCOCCOC)N(Cc1ccccc1C[N+]13[CH-][N+](Cc4ccccc4)(C1)c1cc(OCCOCCOCCOC)c(OCCOCCOCCOC)cc13)CN2Cc1ccccc1. The van der Waals surface area contributed by atoms with Gasteiger partial charge in [0.2, 0.25) is 0 Å². The van der Waals surface area contributed by atoms with Crippen molar-refractivity contribution in [3.8, 4) is 23.0 Å². The fourth-order valence-electron chi connectivity index (χ4n) is 10.6. The molecule has 5 aromatic rings. The second-order valence-corrected chi connectivity index (χ2v) is 20.8. The number of rotatable bonds is 48. The van der Waals surface area contributed by atoms with Crippen LogP contribution in [-0.4, -0.2) is 200 Å². The summed E-state index contributed by atoms with van der Waals surface area (Å²) in [7, 11) is 6.64. The fraction of sp³-hybridized carbons (Fsp3) is 0.523. The van der Waals surface area contributed by atoms with Crippen molar-refractivity contribution in [3.05, 3.63) is 138 Å². The van der Waals surface area contributed by atoms with Gasteiger partial charge in [-0.05, 0) is 11.1 Å². The lowest BCUT2D eigenvalue weighted by molar-refractivity contribution is 0.0160. The maximum atomic E-state index is 6.61. The van der Waals surface area contributed by atoms with E-state index in [-0.39, 0.29) is 0 Å². The van der Waals surface area contributed by atoms with Gasteiger partial charge in [0.15, 0.2) is 41.0 Å². The average Bonchev–Trinajstić information content (AvgIpc) is 1.56. The van der Waals surface area contributed by atoms with Gasteiger partial charge in [0.1, 0.15) is 26.4 Å². The molecule has 1 fully saturated rings. The van der Waals surface area contributed by atoms with Crippen molar-refractivity contribution in [1.29, 1.82) is 0 Å². The zero-order chi connectivity index (χ0) is 59.0. The van der Waals surface area contributed by atoms with Gasteiger partial charge in [0, 0.05) is 76.9 Å². The molecule has 0 N–H and O–H groups in total. The number of hydrogen-bond acceptors (Lipinski definition) is 18. The molecule has 466 valence electrons. The molecule has 0 radical (unpaired) electrons. The summed E-state index contributed by atoms with van der Waals surface area (Å²) in [5, 5.41) is 0. The van der Waals surface area contributed by atoms with Crippen molar-refractivity contribution in [3.63, 3.8) is 0 Å². The van der Waals surface area contributed by atoms with Crippen molar-refractivity contribution in [2.75, 3.05) is 210 Å². The minimum absolute atomic E-state index is 0.320. The first kappa shape index (κ1) is 65.3. The Morgan fingerprint density at radius 2 is 0.659 bits per heavy atom. The van der Waals surface area contributed by atoms with Gasteiger partial charge in [0.25, 0.3) is 0 Å². The number of nitrogens with zero attached hydrogens (tertiary/aromatic N) is 4. The summed E-state index contributed by atoms with van der Waals surface area (Å²) in [6, 6.07) is 38.8. The second kappa shape index (κ2) is 36.5. The van der Waals surface area contributed by atoms with Crippen molar-refractivity contribution >= 4 is 22.7 Å². The molecule has 0 amide bonds. The van der Waals surface area contributed by atoms with Crippen LogP contribution in [0.4, 0.5) is 22.7 Å². The van der Waals surface area contributed by atoms with Crippen LogP contribution in [0.3, 0.4) is 0 Å². The Bertz CT molecular complexity index is 2650. The highest BCUT2D eigenvalue weighted by atomic mass is 16.6. The van der Waals surface area contributed by atoms with E-state index >= 15 is 0 Å². The monoisotopic (exact) mass is 1180 g/mol. The third-order valence-corrected chi connectivity index (χ3v) is 14.6. The Hall–Kier alpha value is -5.66. The van der Waals surface area contributed by atoms with E-state index in [2.05, 4.69) is 126 Å². The van der Waals surface area contributed by atoms with Crippen LogP contribution in [0, 0.1) is 6.67 Å². The van der Waals surface area contributed by atoms with E-state index in [9.17, 15) is 0 Å². The molecule has 2 unspecified atom stereocenters. The third kappa shape index (κ3) is 19.9. The van der Waals surface area contributed by atoms with Gasteiger partial charge >= 0.3 is 0 Å². The minimum Gasteiger partial charge on any atom is -0.487 e. The van der Waals surface area contributed by atoms with Gasteiger partial charge in [-0.3, -0.25) is 0 Å². The van der Waals surface area contributed by atoms with E-state index in [4.69, 9.17) is 75.8 Å². The molecule has 85 heavy (non-hydrogen) atoms. The van der Waals surface area contributed by atoms with Crippen LogP contribution in [0.1, 0.15) is 22.3 Å². The molecule has 0 aliphatic carbocycles. The number of benzene rings is 5. The van der Waals surface area contributed by atoms with Crippen LogP contribution in [0.25, 0.3) is 0 Å². The lowest BCUT2D eigenvalue weighted by Crippen LogP contribution is -2.71. The molecule has 0 spiro atoms. The maximum absolute atomic E-state index is 6.61. The molecule has 9 rings (SSSR count). The van der Waals surface area contributed by atoms with Gasteiger partial charge in [-0.2, -0.15) is 0 Å². The topological polar surface area (TPSA) is 154 Å². The van der Waals surface area contributed by atoms with E-state index in [1.807, 2.05) is 0 Å². The Kier molecular flexibility index (Phi) is 28.0. The summed E-state index contributed by atoms with van der Waals surface area (Å²) in [6.45, 7) is 17.7. The lowest BCUT2D eigenvalue weighted by atomic mass is 10.0. The molecular weight excluding hydrogens is 1090 g/mol. The van der Waals surface area contributed by atoms with Gasteiger partial charge in [-0.15, -0.1) is 0 Å². The van der Waals surface area contributed by atoms with Gasteiger partial charge in [-0.25, -0.2) is 0 Å². The Morgan fingerprint density at radius 1 is 0.341 bits per heavy atom. The smallest absolute Gasteiger partial charge is 0.179 e. The van der Waals surface area contributed by atoms with Crippen molar-refractivity contribution < 1.29 is 75.8 Å². The molecule has 0 saturated carbocycles. The van der Waals surface area contributed by atoms with Crippen LogP contribution in [0.2, 0.25) is 0 Å². The van der Waals surface area contributed by atoms with Crippen molar-refractivity contribution in [2.24, 2.45) is 0 Å². The second-order valence-electron chi connectivity index (χ2n) is 20.8. The maximum Gasteiger partial charge on any atom is 0.179 e. The molecule has 4 aliphatic rings. The summed E-state index contributed by atoms with van der Waals surface area (Å²) in [4.78, 5) is 4.86. The predicted octanol–water partition coefficient (Wildman–Crippen LogP) is 8.02. The zero-order valence-corrected chi connectivity index (χ0v) is 50.5. The minimum atomic E-state index is 0.320. The van der Waals surface area contributed by atoms with E-state index in [1.165, 1.54) is 33.6 Å². The molecule has 1 saturated heterocycles. The first-order valence-corrected chi connectivity index (χ1v) is 29.7.